The molecular formula is C13H10BrClFNS. The van der Waals surface area contributed by atoms with Crippen molar-refractivity contribution in [3.8, 4) is 0 Å². The molecule has 18 heavy (non-hydrogen) atoms. The molecule has 0 spiro atoms. The minimum absolute atomic E-state index is 0.284. The van der Waals surface area contributed by atoms with E-state index < -0.39 is 0 Å². The summed E-state index contributed by atoms with van der Waals surface area (Å²) < 4.78 is 14.0. The molecule has 0 aromatic heterocycles. The second kappa shape index (κ2) is 5.95. The highest BCUT2D eigenvalue weighted by Gasteiger charge is 2.05. The lowest BCUT2D eigenvalue weighted by molar-refractivity contribution is 0.624. The van der Waals surface area contributed by atoms with Crippen molar-refractivity contribution in [2.45, 2.75) is 10.6 Å². The van der Waals surface area contributed by atoms with Crippen molar-refractivity contribution in [3.05, 3.63) is 57.3 Å². The van der Waals surface area contributed by atoms with Gasteiger partial charge < -0.3 is 5.73 Å². The number of anilines is 1. The summed E-state index contributed by atoms with van der Waals surface area (Å²) in [4.78, 5) is 0.731. The fourth-order valence-electron chi connectivity index (χ4n) is 1.43. The van der Waals surface area contributed by atoms with Gasteiger partial charge in [0.1, 0.15) is 5.82 Å². The molecule has 2 aromatic rings. The van der Waals surface area contributed by atoms with Gasteiger partial charge in [-0.25, -0.2) is 4.39 Å². The van der Waals surface area contributed by atoms with Crippen molar-refractivity contribution in [3.63, 3.8) is 0 Å². The summed E-state index contributed by atoms with van der Waals surface area (Å²) in [5, 5.41) is 0.687. The second-order valence-electron chi connectivity index (χ2n) is 3.71. The first-order valence-electron chi connectivity index (χ1n) is 5.18. The van der Waals surface area contributed by atoms with Crippen LogP contribution in [0, 0.1) is 5.82 Å². The molecule has 0 aliphatic rings. The van der Waals surface area contributed by atoms with Crippen LogP contribution >= 0.6 is 39.3 Å². The Morgan fingerprint density at radius 2 is 2.00 bits per heavy atom. The van der Waals surface area contributed by atoms with Gasteiger partial charge in [0.05, 0.1) is 0 Å². The van der Waals surface area contributed by atoms with E-state index in [2.05, 4.69) is 15.9 Å². The summed E-state index contributed by atoms with van der Waals surface area (Å²) in [5.74, 6) is 0.369. The summed E-state index contributed by atoms with van der Waals surface area (Å²) in [6.07, 6.45) is 0. The average molecular weight is 347 g/mol. The Labute approximate surface area is 123 Å². The van der Waals surface area contributed by atoms with Gasteiger partial charge in [0.15, 0.2) is 0 Å². The third kappa shape index (κ3) is 3.40. The fourth-order valence-corrected chi connectivity index (χ4v) is 3.24. The largest absolute Gasteiger partial charge is 0.398 e. The lowest BCUT2D eigenvalue weighted by Crippen LogP contribution is -1.90. The molecule has 0 fully saturated rings. The van der Waals surface area contributed by atoms with E-state index in [1.165, 1.54) is 23.9 Å². The molecule has 0 radical (unpaired) electrons. The topological polar surface area (TPSA) is 26.0 Å². The maximum Gasteiger partial charge on any atom is 0.124 e. The molecule has 0 aliphatic carbocycles. The van der Waals surface area contributed by atoms with E-state index in [0.717, 1.165) is 14.9 Å². The molecule has 1 nitrogen and oxygen atoms in total. The van der Waals surface area contributed by atoms with Gasteiger partial charge in [0.25, 0.3) is 0 Å². The van der Waals surface area contributed by atoms with E-state index in [4.69, 9.17) is 17.3 Å². The van der Waals surface area contributed by atoms with Gasteiger partial charge in [-0.1, -0.05) is 33.6 Å². The van der Waals surface area contributed by atoms with Gasteiger partial charge in [-0.05, 0) is 35.9 Å². The maximum atomic E-state index is 13.1. The van der Waals surface area contributed by atoms with Gasteiger partial charge >= 0.3 is 0 Å². The SMILES string of the molecule is Nc1ccc(F)cc1SCc1ccc(Br)cc1Cl. The Balaban J connectivity index is 2.13. The quantitative estimate of drug-likeness (QED) is 0.617. The molecule has 0 atom stereocenters. The van der Waals surface area contributed by atoms with Crippen LogP contribution in [-0.4, -0.2) is 0 Å². The predicted molar refractivity (Wildman–Crippen MR) is 79.5 cm³/mol. The van der Waals surface area contributed by atoms with Crippen LogP contribution in [0.3, 0.4) is 0 Å². The van der Waals surface area contributed by atoms with Crippen LogP contribution in [0.4, 0.5) is 10.1 Å². The van der Waals surface area contributed by atoms with Crippen LogP contribution in [-0.2, 0) is 5.75 Å². The van der Waals surface area contributed by atoms with Crippen LogP contribution in [0.2, 0.25) is 5.02 Å². The molecule has 94 valence electrons. The molecule has 0 heterocycles. The smallest absolute Gasteiger partial charge is 0.124 e. The molecular weight excluding hydrogens is 337 g/mol. The zero-order valence-corrected chi connectivity index (χ0v) is 12.4. The van der Waals surface area contributed by atoms with Gasteiger partial charge in [-0.2, -0.15) is 0 Å². The van der Waals surface area contributed by atoms with Crippen molar-refractivity contribution in [2.75, 3.05) is 5.73 Å². The summed E-state index contributed by atoms with van der Waals surface area (Å²) in [7, 11) is 0. The molecule has 2 rings (SSSR count). The highest BCUT2D eigenvalue weighted by Crippen LogP contribution is 2.31. The minimum atomic E-state index is -0.284. The Kier molecular flexibility index (Phi) is 4.54. The number of hydrogen-bond donors (Lipinski definition) is 1. The standard InChI is InChI=1S/C13H10BrClFNS/c14-9-2-1-8(11(15)5-9)7-18-13-6-10(16)3-4-12(13)17/h1-6H,7,17H2. The Morgan fingerprint density at radius 1 is 1.22 bits per heavy atom. The number of thioether (sulfide) groups is 1. The summed E-state index contributed by atoms with van der Waals surface area (Å²) in [6, 6.07) is 10.1. The zero-order valence-electron chi connectivity index (χ0n) is 9.29. The molecule has 2 N–H and O–H groups in total. The van der Waals surface area contributed by atoms with Crippen molar-refractivity contribution >= 4 is 45.0 Å². The lowest BCUT2D eigenvalue weighted by atomic mass is 10.2. The highest BCUT2D eigenvalue weighted by molar-refractivity contribution is 9.10. The van der Waals surface area contributed by atoms with Crippen LogP contribution in [0.1, 0.15) is 5.56 Å². The van der Waals surface area contributed by atoms with E-state index in [1.807, 2.05) is 18.2 Å². The van der Waals surface area contributed by atoms with E-state index in [1.54, 1.807) is 6.07 Å². The highest BCUT2D eigenvalue weighted by atomic mass is 79.9. The van der Waals surface area contributed by atoms with Crippen molar-refractivity contribution in [1.82, 2.24) is 0 Å². The normalized spacial score (nSPS) is 10.6. The lowest BCUT2D eigenvalue weighted by Gasteiger charge is -2.07. The third-order valence-electron chi connectivity index (χ3n) is 2.37. The molecule has 0 saturated heterocycles. The van der Waals surface area contributed by atoms with E-state index in [-0.39, 0.29) is 5.82 Å². The van der Waals surface area contributed by atoms with Gasteiger partial charge in [0, 0.05) is 25.8 Å². The van der Waals surface area contributed by atoms with Crippen LogP contribution in [0.15, 0.2) is 45.8 Å². The molecule has 0 bridgehead atoms. The molecule has 0 aliphatic heterocycles. The molecule has 0 saturated carbocycles. The Bertz CT molecular complexity index is 577. The van der Waals surface area contributed by atoms with Crippen LogP contribution < -0.4 is 5.73 Å². The van der Waals surface area contributed by atoms with E-state index >= 15 is 0 Å². The van der Waals surface area contributed by atoms with Crippen molar-refractivity contribution in [2.24, 2.45) is 0 Å². The van der Waals surface area contributed by atoms with Crippen LogP contribution in [0.25, 0.3) is 0 Å². The molecule has 0 amide bonds. The summed E-state index contributed by atoms with van der Waals surface area (Å²) in [5.41, 5.74) is 7.36. The summed E-state index contributed by atoms with van der Waals surface area (Å²) in [6.45, 7) is 0. The Morgan fingerprint density at radius 3 is 2.72 bits per heavy atom. The van der Waals surface area contributed by atoms with Gasteiger partial charge in [0.2, 0.25) is 0 Å². The van der Waals surface area contributed by atoms with E-state index in [9.17, 15) is 4.39 Å². The number of nitrogen functional groups attached to an aromatic ring is 1. The first kappa shape index (κ1) is 13.7. The molecule has 2 aromatic carbocycles. The van der Waals surface area contributed by atoms with Gasteiger partial charge in [-0.3, -0.25) is 0 Å². The fraction of sp³-hybridized carbons (Fsp3) is 0.0769. The van der Waals surface area contributed by atoms with Crippen LogP contribution in [0.5, 0.6) is 0 Å². The first-order valence-corrected chi connectivity index (χ1v) is 7.33. The minimum Gasteiger partial charge on any atom is -0.398 e. The maximum absolute atomic E-state index is 13.1. The number of nitrogens with two attached hydrogens (primary N) is 1. The monoisotopic (exact) mass is 345 g/mol. The molecule has 5 heteroatoms. The summed E-state index contributed by atoms with van der Waals surface area (Å²) >= 11 is 10.9. The number of benzene rings is 2. The number of rotatable bonds is 3. The first-order chi connectivity index (χ1) is 8.56. The van der Waals surface area contributed by atoms with Gasteiger partial charge in [-0.15, -0.1) is 11.8 Å². The number of halogens is 3. The van der Waals surface area contributed by atoms with E-state index in [0.29, 0.717) is 16.5 Å². The molecule has 0 unspecified atom stereocenters. The second-order valence-corrected chi connectivity index (χ2v) is 6.05. The van der Waals surface area contributed by atoms with Crippen molar-refractivity contribution in [1.29, 1.82) is 0 Å². The predicted octanol–water partition coefficient (Wildman–Crippen LogP) is 5.12. The Hall–Kier alpha value is -0.710. The number of hydrogen-bond acceptors (Lipinski definition) is 2. The zero-order chi connectivity index (χ0) is 13.1. The third-order valence-corrected chi connectivity index (χ3v) is 4.34. The van der Waals surface area contributed by atoms with Crippen molar-refractivity contribution < 1.29 is 4.39 Å². The average Bonchev–Trinajstić information content (AvgIpc) is 2.32.